The molecule has 4 N–H and O–H groups in total. The van der Waals surface area contributed by atoms with Gasteiger partial charge in [0.1, 0.15) is 23.0 Å². The number of phenolic OH excluding ortho intramolecular Hbond substituents is 2. The highest BCUT2D eigenvalue weighted by Crippen LogP contribution is 2.32. The van der Waals surface area contributed by atoms with Gasteiger partial charge in [0.05, 0.1) is 27.1 Å². The van der Waals surface area contributed by atoms with Gasteiger partial charge in [-0.15, -0.1) is 0 Å². The number of anilines is 1. The number of hydrogen-bond donors (Lipinski definition) is 4. The molecule has 0 bridgehead atoms. The lowest BCUT2D eigenvalue weighted by molar-refractivity contribution is -0.111. The highest BCUT2D eigenvalue weighted by molar-refractivity contribution is 6.34. The summed E-state index contributed by atoms with van der Waals surface area (Å²) >= 11 is 12.1. The van der Waals surface area contributed by atoms with Gasteiger partial charge in [0.25, 0.3) is 0 Å². The van der Waals surface area contributed by atoms with Gasteiger partial charge in [-0.05, 0) is 31.2 Å². The number of aliphatic hydroxyl groups is 1. The number of nitrogens with one attached hydrogen (secondary N) is 1. The molecule has 27 heavy (non-hydrogen) atoms. The predicted molar refractivity (Wildman–Crippen MR) is 105 cm³/mol. The summed E-state index contributed by atoms with van der Waals surface area (Å²) in [4.78, 5) is 16.7. The molecule has 0 heterocycles. The molecule has 1 aliphatic carbocycles. The molecule has 1 aliphatic rings. The van der Waals surface area contributed by atoms with Gasteiger partial charge in [0, 0.05) is 23.8 Å². The van der Waals surface area contributed by atoms with E-state index in [0.717, 1.165) is 6.08 Å². The zero-order valence-electron chi connectivity index (χ0n) is 14.0. The summed E-state index contributed by atoms with van der Waals surface area (Å²) in [7, 11) is 0. The molecular formula is C19H14Cl2N2O4. The molecule has 8 heteroatoms. The van der Waals surface area contributed by atoms with Crippen molar-refractivity contribution in [3.05, 3.63) is 69.5 Å². The fourth-order valence-electron chi connectivity index (χ4n) is 2.50. The van der Waals surface area contributed by atoms with Crippen LogP contribution in [-0.2, 0) is 4.79 Å². The van der Waals surface area contributed by atoms with Crippen LogP contribution in [0.25, 0.3) is 0 Å². The molecule has 0 saturated heterocycles. The Balaban J connectivity index is 2.05. The zero-order chi connectivity index (χ0) is 19.7. The number of ketones is 1. The van der Waals surface area contributed by atoms with E-state index in [1.807, 2.05) is 0 Å². The van der Waals surface area contributed by atoms with Crippen molar-refractivity contribution in [1.29, 1.82) is 0 Å². The minimum atomic E-state index is -0.454. The number of rotatable bonds is 3. The van der Waals surface area contributed by atoms with E-state index in [9.17, 15) is 20.1 Å². The number of nitrogens with zero attached hydrogens (tertiary/aromatic N) is 1. The maximum absolute atomic E-state index is 12.3. The Bertz CT molecular complexity index is 1040. The predicted octanol–water partition coefficient (Wildman–Crippen LogP) is 4.89. The Kier molecular flexibility index (Phi) is 5.12. The van der Waals surface area contributed by atoms with Gasteiger partial charge in [-0.25, -0.2) is 4.99 Å². The van der Waals surface area contributed by atoms with Crippen LogP contribution in [-0.4, -0.2) is 26.8 Å². The van der Waals surface area contributed by atoms with Crippen LogP contribution in [0, 0.1) is 0 Å². The van der Waals surface area contributed by atoms with Crippen LogP contribution in [0.1, 0.15) is 6.92 Å². The summed E-state index contributed by atoms with van der Waals surface area (Å²) < 4.78 is 0. The van der Waals surface area contributed by atoms with Gasteiger partial charge in [-0.1, -0.05) is 23.2 Å². The summed E-state index contributed by atoms with van der Waals surface area (Å²) in [5, 5.41) is 32.4. The van der Waals surface area contributed by atoms with Crippen molar-refractivity contribution >= 4 is 46.1 Å². The first kappa shape index (κ1) is 18.8. The first-order valence-corrected chi connectivity index (χ1v) is 8.51. The number of carbonyl (C=O) groups excluding carboxylic acids is 1. The fraction of sp³-hybridized carbons (Fsp3) is 0.0526. The van der Waals surface area contributed by atoms with Crippen molar-refractivity contribution in [2.24, 2.45) is 4.99 Å². The van der Waals surface area contributed by atoms with Crippen molar-refractivity contribution < 1.29 is 20.1 Å². The second-order valence-corrected chi connectivity index (χ2v) is 6.59. The van der Waals surface area contributed by atoms with E-state index >= 15 is 0 Å². The van der Waals surface area contributed by atoms with Gasteiger partial charge in [0.2, 0.25) is 5.78 Å². The van der Waals surface area contributed by atoms with Gasteiger partial charge < -0.3 is 20.6 Å². The number of carbonyl (C=O) groups is 1. The Hall–Kier alpha value is -2.96. The number of aromatic hydroxyl groups is 2. The molecule has 0 spiro atoms. The van der Waals surface area contributed by atoms with E-state index in [0.29, 0.717) is 16.9 Å². The quantitative estimate of drug-likeness (QED) is 0.430. The molecule has 2 aromatic rings. The zero-order valence-corrected chi connectivity index (χ0v) is 15.5. The average Bonchev–Trinajstić information content (AvgIpc) is 2.58. The highest BCUT2D eigenvalue weighted by atomic mass is 35.5. The Morgan fingerprint density at radius 2 is 1.59 bits per heavy atom. The van der Waals surface area contributed by atoms with E-state index in [1.165, 1.54) is 36.4 Å². The maximum Gasteiger partial charge on any atom is 0.206 e. The summed E-state index contributed by atoms with van der Waals surface area (Å²) in [6.45, 7) is 1.62. The highest BCUT2D eigenvalue weighted by Gasteiger charge is 2.25. The molecule has 2 aromatic carbocycles. The lowest BCUT2D eigenvalue weighted by Gasteiger charge is -2.19. The molecule has 0 amide bonds. The van der Waals surface area contributed by atoms with Crippen LogP contribution in [0.4, 0.5) is 11.4 Å². The van der Waals surface area contributed by atoms with Gasteiger partial charge in [-0.2, -0.15) is 0 Å². The maximum atomic E-state index is 12.3. The normalized spacial score (nSPS) is 15.9. The second kappa shape index (κ2) is 7.34. The molecule has 0 radical (unpaired) electrons. The summed E-state index contributed by atoms with van der Waals surface area (Å²) in [6, 6.07) is 8.52. The fourth-order valence-corrected chi connectivity index (χ4v) is 2.94. The Morgan fingerprint density at radius 1 is 0.963 bits per heavy atom. The van der Waals surface area contributed by atoms with E-state index in [2.05, 4.69) is 10.3 Å². The molecule has 138 valence electrons. The molecule has 3 rings (SSSR count). The third-order valence-corrected chi connectivity index (χ3v) is 4.48. The number of aliphatic imine (C=N–C) groups is 1. The monoisotopic (exact) mass is 404 g/mol. The number of allylic oxidation sites excluding steroid dienone is 2. The van der Waals surface area contributed by atoms with Gasteiger partial charge in [-0.3, -0.25) is 4.79 Å². The first-order chi connectivity index (χ1) is 12.8. The number of aliphatic hydroxyl groups excluding tert-OH is 1. The molecule has 0 unspecified atom stereocenters. The van der Waals surface area contributed by atoms with E-state index < -0.39 is 5.78 Å². The molecular weight excluding hydrogens is 391 g/mol. The third-order valence-electron chi connectivity index (χ3n) is 3.86. The number of phenols is 2. The molecule has 0 aromatic heterocycles. The van der Waals surface area contributed by atoms with Crippen LogP contribution >= 0.6 is 23.2 Å². The second-order valence-electron chi connectivity index (χ2n) is 5.78. The SMILES string of the molecule is CC1=C(Nc2ccc(O)cc2Cl)C(=O)C=C(O)C1=Nc1ccc(O)cc1Cl. The summed E-state index contributed by atoms with van der Waals surface area (Å²) in [6.07, 6.45) is 1.04. The number of hydrogen-bond acceptors (Lipinski definition) is 6. The lowest BCUT2D eigenvalue weighted by atomic mass is 9.98. The summed E-state index contributed by atoms with van der Waals surface area (Å²) in [5.74, 6) is -0.777. The molecule has 6 nitrogen and oxygen atoms in total. The van der Waals surface area contributed by atoms with Crippen LogP contribution in [0.2, 0.25) is 10.0 Å². The van der Waals surface area contributed by atoms with Crippen molar-refractivity contribution in [3.8, 4) is 11.5 Å². The lowest BCUT2D eigenvalue weighted by Crippen LogP contribution is -2.22. The number of benzene rings is 2. The van der Waals surface area contributed by atoms with Gasteiger partial charge >= 0.3 is 0 Å². The number of halogens is 2. The van der Waals surface area contributed by atoms with E-state index in [4.69, 9.17) is 23.2 Å². The molecule has 0 fully saturated rings. The third kappa shape index (κ3) is 3.92. The Morgan fingerprint density at radius 3 is 2.22 bits per heavy atom. The Labute approximate surface area is 164 Å². The molecule has 0 aliphatic heterocycles. The van der Waals surface area contributed by atoms with Crippen molar-refractivity contribution in [2.75, 3.05) is 5.32 Å². The first-order valence-electron chi connectivity index (χ1n) is 7.75. The van der Waals surface area contributed by atoms with Crippen LogP contribution < -0.4 is 5.32 Å². The smallest absolute Gasteiger partial charge is 0.206 e. The topological polar surface area (TPSA) is 102 Å². The van der Waals surface area contributed by atoms with Gasteiger partial charge in [0.15, 0.2) is 0 Å². The van der Waals surface area contributed by atoms with Crippen LogP contribution in [0.15, 0.2) is 64.5 Å². The minimum Gasteiger partial charge on any atom is -0.508 e. The standard InChI is InChI=1S/C19H14Cl2N2O4/c1-9-18(22-14-4-2-10(24)6-12(14)20)16(26)8-17(27)19(9)23-15-5-3-11(25)7-13(15)21/h2-8,22,24-25,27H,1H3. The van der Waals surface area contributed by atoms with Crippen molar-refractivity contribution in [2.45, 2.75) is 6.92 Å². The van der Waals surface area contributed by atoms with Crippen molar-refractivity contribution in [3.63, 3.8) is 0 Å². The molecule has 0 atom stereocenters. The van der Waals surface area contributed by atoms with Crippen LogP contribution in [0.5, 0.6) is 11.5 Å². The van der Waals surface area contributed by atoms with Crippen molar-refractivity contribution in [1.82, 2.24) is 0 Å². The average molecular weight is 405 g/mol. The molecule has 0 saturated carbocycles. The summed E-state index contributed by atoms with van der Waals surface area (Å²) in [5.41, 5.74) is 1.44. The van der Waals surface area contributed by atoms with E-state index in [1.54, 1.807) is 6.92 Å². The largest absolute Gasteiger partial charge is 0.508 e. The van der Waals surface area contributed by atoms with E-state index in [-0.39, 0.29) is 38.7 Å². The minimum absolute atomic E-state index is 0.00649. The van der Waals surface area contributed by atoms with Crippen LogP contribution in [0.3, 0.4) is 0 Å².